The van der Waals surface area contributed by atoms with Crippen LogP contribution in [-0.4, -0.2) is 29.1 Å². The van der Waals surface area contributed by atoms with Crippen molar-refractivity contribution in [3.8, 4) is 5.88 Å². The average Bonchev–Trinajstić information content (AvgIpc) is 2.47. The van der Waals surface area contributed by atoms with Crippen LogP contribution < -0.4 is 10.1 Å². The lowest BCUT2D eigenvalue weighted by molar-refractivity contribution is 0.0696. The van der Waals surface area contributed by atoms with Gasteiger partial charge in [0.1, 0.15) is 0 Å². The molecule has 0 spiro atoms. The quantitative estimate of drug-likeness (QED) is 0.900. The Balaban J connectivity index is 2.15. The molecule has 0 atom stereocenters. The molecule has 1 aromatic carbocycles. The number of nitrogens with one attached hydrogen (secondary N) is 1. The maximum Gasteiger partial charge on any atom is 0.335 e. The molecule has 0 aliphatic heterocycles. The Bertz CT molecular complexity index is 681. The van der Waals surface area contributed by atoms with Crippen molar-refractivity contribution in [3.05, 3.63) is 53.2 Å². The fourth-order valence-electron chi connectivity index (χ4n) is 1.82. The van der Waals surface area contributed by atoms with Gasteiger partial charge in [-0.3, -0.25) is 4.79 Å². The van der Waals surface area contributed by atoms with Crippen LogP contribution >= 0.6 is 0 Å². The van der Waals surface area contributed by atoms with Crippen molar-refractivity contribution in [2.75, 3.05) is 12.4 Å². The zero-order chi connectivity index (χ0) is 15.4. The molecule has 0 saturated carbocycles. The molecule has 0 unspecified atom stereocenters. The molecule has 2 rings (SSSR count). The molecule has 2 N–H and O–H groups in total. The highest BCUT2D eigenvalue weighted by atomic mass is 16.5. The summed E-state index contributed by atoms with van der Waals surface area (Å²) in [5.74, 6) is -0.898. The van der Waals surface area contributed by atoms with Crippen LogP contribution in [0.3, 0.4) is 0 Å². The second kappa shape index (κ2) is 6.04. The number of carboxylic acid groups (broad SMARTS) is 1. The van der Waals surface area contributed by atoms with Gasteiger partial charge in [0, 0.05) is 18.0 Å². The Morgan fingerprint density at radius 1 is 1.24 bits per heavy atom. The minimum Gasteiger partial charge on any atom is -0.481 e. The van der Waals surface area contributed by atoms with E-state index in [1.807, 2.05) is 0 Å². The van der Waals surface area contributed by atoms with Crippen molar-refractivity contribution in [1.82, 2.24) is 4.98 Å². The van der Waals surface area contributed by atoms with Crippen LogP contribution in [0.5, 0.6) is 5.88 Å². The Kier molecular flexibility index (Phi) is 4.18. The molecule has 1 amide bonds. The van der Waals surface area contributed by atoms with Gasteiger partial charge < -0.3 is 15.2 Å². The molecule has 1 heterocycles. The van der Waals surface area contributed by atoms with E-state index in [2.05, 4.69) is 10.3 Å². The lowest BCUT2D eigenvalue weighted by Crippen LogP contribution is -2.12. The number of methoxy groups -OCH3 is 1. The molecule has 0 aliphatic rings. The molecule has 0 bridgehead atoms. The van der Waals surface area contributed by atoms with Gasteiger partial charge in [0.2, 0.25) is 5.88 Å². The summed E-state index contributed by atoms with van der Waals surface area (Å²) in [6, 6.07) is 7.80. The number of pyridine rings is 1. The lowest BCUT2D eigenvalue weighted by atomic mass is 10.1. The summed E-state index contributed by atoms with van der Waals surface area (Å²) in [6.07, 6.45) is 1.41. The van der Waals surface area contributed by atoms with E-state index in [0.29, 0.717) is 22.7 Å². The number of benzene rings is 1. The third-order valence-electron chi connectivity index (χ3n) is 2.92. The first kappa shape index (κ1) is 14.5. The molecule has 0 aliphatic carbocycles. The van der Waals surface area contributed by atoms with Crippen LogP contribution in [0.25, 0.3) is 0 Å². The first-order chi connectivity index (χ1) is 10.0. The average molecular weight is 286 g/mol. The van der Waals surface area contributed by atoms with Gasteiger partial charge in [-0.25, -0.2) is 9.78 Å². The topological polar surface area (TPSA) is 88.5 Å². The molecule has 6 heteroatoms. The Hall–Kier alpha value is -2.89. The van der Waals surface area contributed by atoms with Gasteiger partial charge in [-0.1, -0.05) is 0 Å². The van der Waals surface area contributed by atoms with Crippen molar-refractivity contribution >= 4 is 17.6 Å². The smallest absolute Gasteiger partial charge is 0.335 e. The molecule has 6 nitrogen and oxygen atoms in total. The maximum absolute atomic E-state index is 12.0. The number of aromatic carboxylic acids is 1. The number of ether oxygens (including phenoxy) is 1. The summed E-state index contributed by atoms with van der Waals surface area (Å²) in [5.41, 5.74) is 1.70. The number of aromatic nitrogens is 1. The minimum atomic E-state index is -0.996. The van der Waals surface area contributed by atoms with Gasteiger partial charge in [-0.05, 0) is 36.8 Å². The first-order valence-corrected chi connectivity index (χ1v) is 6.16. The molecular weight excluding hydrogens is 272 g/mol. The van der Waals surface area contributed by atoms with Crippen LogP contribution in [-0.2, 0) is 0 Å². The highest BCUT2D eigenvalue weighted by Gasteiger charge is 2.10. The van der Waals surface area contributed by atoms with Crippen LogP contribution in [0.4, 0.5) is 5.69 Å². The predicted molar refractivity (Wildman–Crippen MR) is 76.9 cm³/mol. The van der Waals surface area contributed by atoms with E-state index in [9.17, 15) is 9.59 Å². The van der Waals surface area contributed by atoms with Crippen LogP contribution in [0.1, 0.15) is 26.3 Å². The van der Waals surface area contributed by atoms with Gasteiger partial charge in [-0.2, -0.15) is 0 Å². The number of carbonyl (C=O) groups is 2. The summed E-state index contributed by atoms with van der Waals surface area (Å²) in [5, 5.41) is 11.6. The van der Waals surface area contributed by atoms with E-state index in [4.69, 9.17) is 9.84 Å². The standard InChI is InChI=1S/C15H14N2O4/c1-9-7-11(4-5-12(9)15(19)20)17-14(18)10-3-6-13(21-2)16-8-10/h3-8H,1-2H3,(H,17,18)(H,19,20). The van der Waals surface area contributed by atoms with Crippen molar-refractivity contribution < 1.29 is 19.4 Å². The van der Waals surface area contributed by atoms with E-state index in [0.717, 1.165) is 0 Å². The molecule has 0 radical (unpaired) electrons. The summed E-state index contributed by atoms with van der Waals surface area (Å²) in [7, 11) is 1.49. The number of carbonyl (C=O) groups excluding carboxylic acids is 1. The van der Waals surface area contributed by atoms with Crippen molar-refractivity contribution in [3.63, 3.8) is 0 Å². The van der Waals surface area contributed by atoms with Gasteiger partial charge >= 0.3 is 5.97 Å². The maximum atomic E-state index is 12.0. The van der Waals surface area contributed by atoms with E-state index in [1.165, 1.54) is 19.4 Å². The Morgan fingerprint density at radius 3 is 2.52 bits per heavy atom. The fourth-order valence-corrected chi connectivity index (χ4v) is 1.82. The highest BCUT2D eigenvalue weighted by Crippen LogP contribution is 2.16. The van der Waals surface area contributed by atoms with Gasteiger partial charge in [0.15, 0.2) is 0 Å². The van der Waals surface area contributed by atoms with Crippen molar-refractivity contribution in [2.24, 2.45) is 0 Å². The SMILES string of the molecule is COc1ccc(C(=O)Nc2ccc(C(=O)O)c(C)c2)cn1. The fraction of sp³-hybridized carbons (Fsp3) is 0.133. The van der Waals surface area contributed by atoms with Gasteiger partial charge in [0.05, 0.1) is 18.2 Å². The number of rotatable bonds is 4. The van der Waals surface area contributed by atoms with Crippen molar-refractivity contribution in [2.45, 2.75) is 6.92 Å². The second-order valence-corrected chi connectivity index (χ2v) is 4.38. The normalized spacial score (nSPS) is 10.0. The zero-order valence-corrected chi connectivity index (χ0v) is 11.6. The summed E-state index contributed by atoms with van der Waals surface area (Å²) in [4.78, 5) is 26.9. The first-order valence-electron chi connectivity index (χ1n) is 6.16. The van der Waals surface area contributed by atoms with Crippen LogP contribution in [0.2, 0.25) is 0 Å². The third-order valence-corrected chi connectivity index (χ3v) is 2.92. The minimum absolute atomic E-state index is 0.208. The number of hydrogen-bond acceptors (Lipinski definition) is 4. The number of nitrogens with zero attached hydrogens (tertiary/aromatic N) is 1. The number of carboxylic acids is 1. The van der Waals surface area contributed by atoms with E-state index >= 15 is 0 Å². The van der Waals surface area contributed by atoms with Gasteiger partial charge in [-0.15, -0.1) is 0 Å². The molecule has 2 aromatic rings. The molecule has 21 heavy (non-hydrogen) atoms. The van der Waals surface area contributed by atoms with Crippen LogP contribution in [0.15, 0.2) is 36.5 Å². The van der Waals surface area contributed by atoms with Crippen LogP contribution in [0, 0.1) is 6.92 Å². The molecule has 0 fully saturated rings. The van der Waals surface area contributed by atoms with E-state index in [-0.39, 0.29) is 11.5 Å². The summed E-state index contributed by atoms with van der Waals surface area (Å²) < 4.78 is 4.92. The lowest BCUT2D eigenvalue weighted by Gasteiger charge is -2.08. The van der Waals surface area contributed by atoms with Gasteiger partial charge in [0.25, 0.3) is 5.91 Å². The second-order valence-electron chi connectivity index (χ2n) is 4.38. The summed E-state index contributed by atoms with van der Waals surface area (Å²) in [6.45, 7) is 1.67. The monoisotopic (exact) mass is 286 g/mol. The zero-order valence-electron chi connectivity index (χ0n) is 11.6. The number of amides is 1. The molecular formula is C15H14N2O4. The predicted octanol–water partition coefficient (Wildman–Crippen LogP) is 2.35. The third kappa shape index (κ3) is 3.36. The number of hydrogen-bond donors (Lipinski definition) is 2. The largest absolute Gasteiger partial charge is 0.481 e. The number of aryl methyl sites for hydroxylation is 1. The molecule has 108 valence electrons. The van der Waals surface area contributed by atoms with E-state index in [1.54, 1.807) is 31.2 Å². The molecule has 0 saturated heterocycles. The summed E-state index contributed by atoms with van der Waals surface area (Å²) >= 11 is 0. The molecule has 1 aromatic heterocycles. The highest BCUT2D eigenvalue weighted by molar-refractivity contribution is 6.04. The number of anilines is 1. The Morgan fingerprint density at radius 2 is 2.00 bits per heavy atom. The van der Waals surface area contributed by atoms with Crippen molar-refractivity contribution in [1.29, 1.82) is 0 Å². The Labute approximate surface area is 121 Å². The van der Waals surface area contributed by atoms with E-state index < -0.39 is 5.97 Å².